The summed E-state index contributed by atoms with van der Waals surface area (Å²) in [6.07, 6.45) is -5.08. The Morgan fingerprint density at radius 3 is 2.38 bits per heavy atom. The first-order chi connectivity index (χ1) is 17.6. The third kappa shape index (κ3) is 6.36. The molecule has 1 aromatic carbocycles. The maximum atomic E-state index is 13.2. The average molecular weight is 517 g/mol. The first-order valence-electron chi connectivity index (χ1n) is 10.9. The number of piperazine rings is 1. The zero-order valence-electron chi connectivity index (χ0n) is 19.8. The van der Waals surface area contributed by atoms with Crippen LogP contribution in [0.1, 0.15) is 12.5 Å². The predicted molar refractivity (Wildman–Crippen MR) is 126 cm³/mol. The first kappa shape index (κ1) is 27.0. The molecular weight excluding hydrogens is 495 g/mol. The van der Waals surface area contributed by atoms with Crippen LogP contribution in [0.25, 0.3) is 11.2 Å². The summed E-state index contributed by atoms with van der Waals surface area (Å²) in [5, 5.41) is 19.4. The Labute approximate surface area is 208 Å². The van der Waals surface area contributed by atoms with Gasteiger partial charge >= 0.3 is 18.2 Å². The predicted octanol–water partition coefficient (Wildman–Crippen LogP) is 1.86. The van der Waals surface area contributed by atoms with Crippen LogP contribution < -0.4 is 20.5 Å². The number of aromatic nitrogens is 4. The number of rotatable bonds is 4. The van der Waals surface area contributed by atoms with Crippen LogP contribution in [-0.4, -0.2) is 62.5 Å². The minimum absolute atomic E-state index is 0.135. The number of nitrogens with one attached hydrogen (secondary N) is 1. The molecule has 11 nitrogen and oxygen atoms in total. The highest BCUT2D eigenvalue weighted by Crippen LogP contribution is 2.24. The van der Waals surface area contributed by atoms with E-state index >= 15 is 0 Å². The molecule has 1 saturated heterocycles. The molecule has 194 valence electrons. The summed E-state index contributed by atoms with van der Waals surface area (Å²) in [5.74, 6) is 4.33. The number of halogens is 3. The van der Waals surface area contributed by atoms with Gasteiger partial charge < -0.3 is 20.1 Å². The fraction of sp³-hybridized carbons (Fsp3) is 0.348. The minimum Gasteiger partial charge on any atom is -0.475 e. The van der Waals surface area contributed by atoms with Gasteiger partial charge in [0.05, 0.1) is 18.2 Å². The van der Waals surface area contributed by atoms with Gasteiger partial charge in [0.25, 0.3) is 5.56 Å². The van der Waals surface area contributed by atoms with Crippen LogP contribution in [-0.2, 0) is 18.4 Å². The van der Waals surface area contributed by atoms with Crippen LogP contribution in [0, 0.1) is 23.2 Å². The zero-order chi connectivity index (χ0) is 27.2. The Morgan fingerprint density at radius 1 is 1.22 bits per heavy atom. The van der Waals surface area contributed by atoms with E-state index in [4.69, 9.17) is 19.9 Å². The number of benzene rings is 1. The minimum atomic E-state index is -5.08. The lowest BCUT2D eigenvalue weighted by molar-refractivity contribution is -0.192. The molecule has 0 saturated carbocycles. The number of hydrogen-bond donors (Lipinski definition) is 2. The summed E-state index contributed by atoms with van der Waals surface area (Å²) in [7, 11) is 1.61. The number of alkyl halides is 3. The fourth-order valence-electron chi connectivity index (χ4n) is 3.34. The molecule has 0 unspecified atom stereocenters. The summed E-state index contributed by atoms with van der Waals surface area (Å²) in [5.41, 5.74) is 1.00. The van der Waals surface area contributed by atoms with E-state index in [1.807, 2.05) is 4.57 Å². The number of nitriles is 1. The Bertz CT molecular complexity index is 1440. The molecule has 1 aliphatic heterocycles. The van der Waals surface area contributed by atoms with E-state index in [0.717, 1.165) is 26.2 Å². The van der Waals surface area contributed by atoms with E-state index in [9.17, 15) is 18.0 Å². The lowest BCUT2D eigenvalue weighted by atomic mass is 10.2. The molecule has 2 N–H and O–H groups in total. The van der Waals surface area contributed by atoms with Crippen LogP contribution in [0.15, 0.2) is 29.1 Å². The smallest absolute Gasteiger partial charge is 0.475 e. The van der Waals surface area contributed by atoms with Crippen molar-refractivity contribution >= 4 is 23.1 Å². The number of imidazole rings is 1. The number of fused-ring (bicyclic) bond motifs is 1. The van der Waals surface area contributed by atoms with Gasteiger partial charge in [-0.3, -0.25) is 13.9 Å². The molecule has 37 heavy (non-hydrogen) atoms. The van der Waals surface area contributed by atoms with Gasteiger partial charge in [0.2, 0.25) is 5.95 Å². The lowest BCUT2D eigenvalue weighted by Crippen LogP contribution is -2.44. The topological polar surface area (TPSA) is 138 Å². The Hall–Kier alpha value is -4.56. The van der Waals surface area contributed by atoms with Gasteiger partial charge in [-0.05, 0) is 31.2 Å². The normalized spacial score (nSPS) is 13.1. The summed E-state index contributed by atoms with van der Waals surface area (Å²) >= 11 is 0. The number of carboxylic acids is 1. The van der Waals surface area contributed by atoms with Gasteiger partial charge in [-0.1, -0.05) is 5.92 Å². The second-order valence-corrected chi connectivity index (χ2v) is 7.63. The quantitative estimate of drug-likeness (QED) is 0.497. The maximum absolute atomic E-state index is 13.2. The van der Waals surface area contributed by atoms with E-state index in [-0.39, 0.29) is 11.6 Å². The molecular formula is C23H22F3N7O4. The number of anilines is 1. The van der Waals surface area contributed by atoms with Crippen molar-refractivity contribution in [3.05, 3.63) is 40.2 Å². The number of carbonyl (C=O) groups is 1. The third-order valence-corrected chi connectivity index (χ3v) is 5.17. The van der Waals surface area contributed by atoms with E-state index in [1.165, 1.54) is 4.57 Å². The largest absolute Gasteiger partial charge is 0.490 e. The van der Waals surface area contributed by atoms with Gasteiger partial charge in [-0.15, -0.1) is 5.92 Å². The molecule has 1 aliphatic rings. The number of ether oxygens (including phenoxy) is 1. The lowest BCUT2D eigenvalue weighted by Gasteiger charge is -2.28. The second-order valence-electron chi connectivity index (χ2n) is 7.63. The summed E-state index contributed by atoms with van der Waals surface area (Å²) in [6.45, 7) is 5.40. The first-order valence-corrected chi connectivity index (χ1v) is 10.9. The highest BCUT2D eigenvalue weighted by Gasteiger charge is 2.38. The molecule has 0 aliphatic carbocycles. The summed E-state index contributed by atoms with van der Waals surface area (Å²) < 4.78 is 40.7. The van der Waals surface area contributed by atoms with Crippen LogP contribution >= 0.6 is 0 Å². The van der Waals surface area contributed by atoms with Crippen molar-refractivity contribution in [3.8, 4) is 29.7 Å². The van der Waals surface area contributed by atoms with Crippen LogP contribution in [0.5, 0.6) is 11.8 Å². The van der Waals surface area contributed by atoms with Crippen molar-refractivity contribution in [2.24, 2.45) is 7.05 Å². The fourth-order valence-corrected chi connectivity index (χ4v) is 3.34. The molecule has 0 radical (unpaired) electrons. The van der Waals surface area contributed by atoms with E-state index in [1.54, 1.807) is 38.2 Å². The molecule has 1 fully saturated rings. The highest BCUT2D eigenvalue weighted by molar-refractivity contribution is 5.75. The molecule has 0 spiro atoms. The third-order valence-electron chi connectivity index (χ3n) is 5.17. The summed E-state index contributed by atoms with van der Waals surface area (Å²) in [6, 6.07) is 8.81. The Morgan fingerprint density at radius 2 is 1.84 bits per heavy atom. The molecule has 0 atom stereocenters. The van der Waals surface area contributed by atoms with Crippen molar-refractivity contribution in [3.63, 3.8) is 0 Å². The van der Waals surface area contributed by atoms with Crippen molar-refractivity contribution in [2.45, 2.75) is 19.6 Å². The van der Waals surface area contributed by atoms with Gasteiger partial charge in [0, 0.05) is 33.2 Å². The number of aliphatic carboxylic acids is 1. The van der Waals surface area contributed by atoms with Crippen LogP contribution in [0.3, 0.4) is 0 Å². The zero-order valence-corrected chi connectivity index (χ0v) is 19.8. The van der Waals surface area contributed by atoms with Crippen LogP contribution in [0.2, 0.25) is 0 Å². The molecule has 3 aromatic rings. The average Bonchev–Trinajstić information content (AvgIpc) is 3.25. The van der Waals surface area contributed by atoms with Gasteiger partial charge in [-0.2, -0.15) is 28.4 Å². The van der Waals surface area contributed by atoms with Gasteiger partial charge in [0.1, 0.15) is 5.75 Å². The Kier molecular flexibility index (Phi) is 8.37. The summed E-state index contributed by atoms with van der Waals surface area (Å²) in [4.78, 5) is 33.4. The van der Waals surface area contributed by atoms with Crippen LogP contribution in [0.4, 0.5) is 19.1 Å². The molecule has 4 rings (SSSR count). The molecule has 0 amide bonds. The van der Waals surface area contributed by atoms with E-state index < -0.39 is 12.1 Å². The molecule has 3 heterocycles. The van der Waals surface area contributed by atoms with E-state index in [2.05, 4.69) is 38.1 Å². The SMILES string of the molecule is CC#CCn1c(N2CCNCC2)nc2nc(Oc3ccc(C#N)cc3)n(C)c(=O)c21.O=C(O)C(F)(F)F. The van der Waals surface area contributed by atoms with Crippen molar-refractivity contribution < 1.29 is 27.8 Å². The number of carboxylic acid groups (broad SMARTS) is 1. The Balaban J connectivity index is 0.000000479. The molecule has 14 heteroatoms. The number of nitrogens with zero attached hydrogens (tertiary/aromatic N) is 6. The van der Waals surface area contributed by atoms with Crippen molar-refractivity contribution in [2.75, 3.05) is 31.1 Å². The standard InChI is InChI=1S/C21H21N7O2.C2HF3O2/c1-3-4-11-28-17-18(24-20(28)27-12-9-23-10-13-27)25-21(26(2)19(17)29)30-16-7-5-15(14-22)6-8-16;3-2(4,5)1(6)7/h5-8,23H,9-13H2,1-2H3;(H,6,7). The van der Waals surface area contributed by atoms with Gasteiger partial charge in [0.15, 0.2) is 11.2 Å². The van der Waals surface area contributed by atoms with Crippen molar-refractivity contribution in [1.29, 1.82) is 5.26 Å². The number of hydrogen-bond acceptors (Lipinski definition) is 8. The second kappa shape index (κ2) is 11.5. The highest BCUT2D eigenvalue weighted by atomic mass is 19.4. The molecule has 0 bridgehead atoms. The van der Waals surface area contributed by atoms with Crippen molar-refractivity contribution in [1.82, 2.24) is 24.4 Å². The maximum Gasteiger partial charge on any atom is 0.490 e. The van der Waals surface area contributed by atoms with E-state index in [0.29, 0.717) is 35.0 Å². The monoisotopic (exact) mass is 517 g/mol. The molecule has 2 aromatic heterocycles. The van der Waals surface area contributed by atoms with Gasteiger partial charge in [-0.25, -0.2) is 4.79 Å².